The first-order valence-electron chi connectivity index (χ1n) is 6.93. The lowest BCUT2D eigenvalue weighted by Gasteiger charge is -2.22. The van der Waals surface area contributed by atoms with Gasteiger partial charge in [-0.2, -0.15) is 0 Å². The molecule has 0 radical (unpaired) electrons. The highest BCUT2D eigenvalue weighted by molar-refractivity contribution is 6.42. The summed E-state index contributed by atoms with van der Waals surface area (Å²) in [5.41, 5.74) is 0.966. The fourth-order valence-electron chi connectivity index (χ4n) is 3.90. The number of benzene rings is 1. The molecular formula is C15H17Cl2NO3. The van der Waals surface area contributed by atoms with Crippen molar-refractivity contribution in [2.45, 2.75) is 11.8 Å². The molecular weight excluding hydrogens is 313 g/mol. The van der Waals surface area contributed by atoms with Crippen molar-refractivity contribution in [2.24, 2.45) is 11.8 Å². The first-order chi connectivity index (χ1) is 10.0. The predicted octanol–water partition coefficient (Wildman–Crippen LogP) is 3.51. The van der Waals surface area contributed by atoms with E-state index in [0.29, 0.717) is 41.6 Å². The normalized spacial score (nSPS) is 30.9. The largest absolute Gasteiger partial charge is 0.465 e. The lowest BCUT2D eigenvalue weighted by Crippen LogP contribution is -2.36. The van der Waals surface area contributed by atoms with E-state index in [4.69, 9.17) is 27.9 Å². The third kappa shape index (κ3) is 2.30. The number of piperidine rings is 1. The Morgan fingerprint density at radius 2 is 2.19 bits per heavy atom. The average Bonchev–Trinajstić information content (AvgIpc) is 3.10. The van der Waals surface area contributed by atoms with Gasteiger partial charge in [-0.15, -0.1) is 0 Å². The van der Waals surface area contributed by atoms with Gasteiger partial charge in [-0.05, 0) is 36.0 Å². The summed E-state index contributed by atoms with van der Waals surface area (Å²) >= 11 is 12.1. The topological polar surface area (TPSA) is 49.8 Å². The minimum absolute atomic E-state index is 0.132. The number of methoxy groups -OCH3 is 1. The van der Waals surface area contributed by atoms with Crippen LogP contribution in [-0.2, 0) is 10.2 Å². The van der Waals surface area contributed by atoms with E-state index in [-0.39, 0.29) is 5.41 Å². The standard InChI is InChI=1S/C15H17Cl2NO3/c1-21-8-15(9-2-3-12(16)13(17)6-9)10-4-5-18(14(19)20)7-11(10)15/h2-3,6,10-11H,4-5,7-8H2,1H3,(H,19,20)/t10-,11+,15+/m0/s1. The lowest BCUT2D eigenvalue weighted by molar-refractivity contribution is 0.132. The maximum absolute atomic E-state index is 11.2. The van der Waals surface area contributed by atoms with Gasteiger partial charge in [0.05, 0.1) is 16.7 Å². The van der Waals surface area contributed by atoms with E-state index in [1.165, 1.54) is 4.90 Å². The highest BCUT2D eigenvalue weighted by Gasteiger charge is 2.66. The summed E-state index contributed by atoms with van der Waals surface area (Å²) in [5.74, 6) is 0.741. The van der Waals surface area contributed by atoms with Gasteiger partial charge in [0.25, 0.3) is 0 Å². The van der Waals surface area contributed by atoms with Crippen molar-refractivity contribution in [1.82, 2.24) is 4.90 Å². The fourth-order valence-corrected chi connectivity index (χ4v) is 4.20. The van der Waals surface area contributed by atoms with E-state index in [9.17, 15) is 9.90 Å². The summed E-state index contributed by atoms with van der Waals surface area (Å²) in [6, 6.07) is 5.68. The zero-order valence-corrected chi connectivity index (χ0v) is 13.2. The van der Waals surface area contributed by atoms with Crippen LogP contribution in [0.25, 0.3) is 0 Å². The molecule has 1 saturated carbocycles. The van der Waals surface area contributed by atoms with Gasteiger partial charge in [0.15, 0.2) is 0 Å². The second-order valence-electron chi connectivity index (χ2n) is 5.83. The summed E-state index contributed by atoms with van der Waals surface area (Å²) in [7, 11) is 1.68. The first-order valence-corrected chi connectivity index (χ1v) is 7.68. The summed E-state index contributed by atoms with van der Waals surface area (Å²) in [4.78, 5) is 12.7. The molecule has 4 nitrogen and oxygen atoms in total. The highest BCUT2D eigenvalue weighted by atomic mass is 35.5. The van der Waals surface area contributed by atoms with Crippen LogP contribution in [0.15, 0.2) is 18.2 Å². The van der Waals surface area contributed by atoms with Crippen LogP contribution in [0.4, 0.5) is 4.79 Å². The Hall–Kier alpha value is -0.970. The van der Waals surface area contributed by atoms with Crippen molar-refractivity contribution in [1.29, 1.82) is 0 Å². The van der Waals surface area contributed by atoms with Crippen molar-refractivity contribution in [3.63, 3.8) is 0 Å². The monoisotopic (exact) mass is 329 g/mol. The van der Waals surface area contributed by atoms with Crippen LogP contribution in [0, 0.1) is 11.8 Å². The Labute approximate surface area is 133 Å². The third-order valence-corrected chi connectivity index (χ3v) is 5.68. The molecule has 3 atom stereocenters. The molecule has 1 amide bonds. The van der Waals surface area contributed by atoms with Crippen molar-refractivity contribution < 1.29 is 14.6 Å². The fraction of sp³-hybridized carbons (Fsp3) is 0.533. The maximum Gasteiger partial charge on any atom is 0.407 e. The number of halogens is 2. The van der Waals surface area contributed by atoms with Crippen molar-refractivity contribution >= 4 is 29.3 Å². The average molecular weight is 330 g/mol. The Bertz CT molecular complexity index is 580. The highest BCUT2D eigenvalue weighted by Crippen LogP contribution is 2.63. The molecule has 0 spiro atoms. The Morgan fingerprint density at radius 1 is 1.43 bits per heavy atom. The second kappa shape index (κ2) is 5.34. The molecule has 1 aromatic rings. The van der Waals surface area contributed by atoms with Gasteiger partial charge in [-0.25, -0.2) is 4.79 Å². The van der Waals surface area contributed by atoms with E-state index < -0.39 is 6.09 Å². The Balaban J connectivity index is 1.92. The minimum Gasteiger partial charge on any atom is -0.465 e. The molecule has 0 unspecified atom stereocenters. The molecule has 1 aliphatic carbocycles. The number of fused-ring (bicyclic) bond motifs is 1. The number of rotatable bonds is 3. The van der Waals surface area contributed by atoms with Crippen LogP contribution < -0.4 is 0 Å². The number of hydrogen-bond acceptors (Lipinski definition) is 2. The Kier molecular flexibility index (Phi) is 3.80. The summed E-state index contributed by atoms with van der Waals surface area (Å²) < 4.78 is 5.44. The zero-order valence-electron chi connectivity index (χ0n) is 11.7. The molecule has 114 valence electrons. The zero-order chi connectivity index (χ0) is 15.2. The first kappa shape index (κ1) is 14.9. The lowest BCUT2D eigenvalue weighted by atomic mass is 9.92. The van der Waals surface area contributed by atoms with Gasteiger partial charge in [0.2, 0.25) is 0 Å². The molecule has 0 bridgehead atoms. The van der Waals surface area contributed by atoms with Crippen molar-refractivity contribution in [2.75, 3.05) is 26.8 Å². The van der Waals surface area contributed by atoms with Gasteiger partial charge in [0.1, 0.15) is 0 Å². The molecule has 0 aromatic heterocycles. The van der Waals surface area contributed by atoms with E-state index >= 15 is 0 Å². The van der Waals surface area contributed by atoms with Gasteiger partial charge < -0.3 is 14.7 Å². The molecule has 2 fully saturated rings. The van der Waals surface area contributed by atoms with Crippen molar-refractivity contribution in [3.8, 4) is 0 Å². The number of carbonyl (C=O) groups is 1. The van der Waals surface area contributed by atoms with Crippen LogP contribution in [0.1, 0.15) is 12.0 Å². The summed E-state index contributed by atoms with van der Waals surface area (Å²) in [6.45, 7) is 1.72. The smallest absolute Gasteiger partial charge is 0.407 e. The maximum atomic E-state index is 11.2. The molecule has 2 aliphatic rings. The van der Waals surface area contributed by atoms with Crippen LogP contribution in [0.2, 0.25) is 10.0 Å². The van der Waals surface area contributed by atoms with E-state index in [1.54, 1.807) is 13.2 Å². The molecule has 1 aromatic carbocycles. The number of carboxylic acid groups (broad SMARTS) is 1. The number of ether oxygens (including phenoxy) is 1. The third-order valence-electron chi connectivity index (χ3n) is 4.94. The van der Waals surface area contributed by atoms with Gasteiger partial charge in [-0.1, -0.05) is 29.3 Å². The van der Waals surface area contributed by atoms with Crippen molar-refractivity contribution in [3.05, 3.63) is 33.8 Å². The van der Waals surface area contributed by atoms with Gasteiger partial charge >= 0.3 is 6.09 Å². The van der Waals surface area contributed by atoms with Crippen LogP contribution in [-0.4, -0.2) is 42.9 Å². The number of likely N-dealkylation sites (tertiary alicyclic amines) is 1. The summed E-state index contributed by atoms with van der Waals surface area (Å²) in [5, 5.41) is 10.2. The number of hydrogen-bond donors (Lipinski definition) is 1. The predicted molar refractivity (Wildman–Crippen MR) is 81.2 cm³/mol. The van der Waals surface area contributed by atoms with E-state index in [1.807, 2.05) is 12.1 Å². The van der Waals surface area contributed by atoms with Crippen LogP contribution in [0.5, 0.6) is 0 Å². The molecule has 21 heavy (non-hydrogen) atoms. The molecule has 1 N–H and O–H groups in total. The van der Waals surface area contributed by atoms with E-state index in [0.717, 1.165) is 12.0 Å². The molecule has 1 heterocycles. The van der Waals surface area contributed by atoms with E-state index in [2.05, 4.69) is 0 Å². The molecule has 6 heteroatoms. The summed E-state index contributed by atoms with van der Waals surface area (Å²) in [6.07, 6.45) is 0.0152. The minimum atomic E-state index is -0.846. The molecule has 3 rings (SSSR count). The molecule has 1 saturated heterocycles. The Morgan fingerprint density at radius 3 is 2.81 bits per heavy atom. The number of nitrogens with zero attached hydrogens (tertiary/aromatic N) is 1. The van der Waals surface area contributed by atoms with Crippen LogP contribution in [0.3, 0.4) is 0 Å². The van der Waals surface area contributed by atoms with Gasteiger partial charge in [0, 0.05) is 25.6 Å². The number of amides is 1. The second-order valence-corrected chi connectivity index (χ2v) is 6.65. The quantitative estimate of drug-likeness (QED) is 0.923. The van der Waals surface area contributed by atoms with Crippen LogP contribution >= 0.6 is 23.2 Å². The van der Waals surface area contributed by atoms with Gasteiger partial charge in [-0.3, -0.25) is 0 Å². The SMILES string of the molecule is COC[C@]1(c2ccc(Cl)c(Cl)c2)[C@@H]2CN(C(=O)O)CC[C@@H]21. The molecule has 1 aliphatic heterocycles.